The number of likely N-dealkylation sites (N-methyl/N-ethyl adjacent to an activating group) is 1. The van der Waals surface area contributed by atoms with E-state index in [1.807, 2.05) is 23.1 Å². The molecule has 0 radical (unpaired) electrons. The number of hydrogen-bond donors (Lipinski definition) is 2. The Bertz CT molecular complexity index is 978. The number of carbonyl (C=O) groups excluding carboxylic acids is 1. The molecule has 1 atom stereocenters. The van der Waals surface area contributed by atoms with Gasteiger partial charge >= 0.3 is 5.69 Å². The zero-order valence-electron chi connectivity index (χ0n) is 14.6. The molecule has 4 rings (SSSR count). The fourth-order valence-electron chi connectivity index (χ4n) is 3.46. The van der Waals surface area contributed by atoms with Crippen molar-refractivity contribution in [3.8, 4) is 0 Å². The minimum atomic E-state index is -0.320. The van der Waals surface area contributed by atoms with Gasteiger partial charge in [0, 0.05) is 31.9 Å². The van der Waals surface area contributed by atoms with E-state index in [0.717, 1.165) is 13.0 Å². The molecule has 7 nitrogen and oxygen atoms in total. The molecule has 0 aliphatic carbocycles. The summed E-state index contributed by atoms with van der Waals surface area (Å²) in [5, 5.41) is 0. The number of carbonyl (C=O) groups is 1. The fraction of sp³-hybridized carbons (Fsp3) is 0.316. The van der Waals surface area contributed by atoms with Gasteiger partial charge in [0.1, 0.15) is 0 Å². The molecule has 2 aromatic heterocycles. The molecule has 26 heavy (non-hydrogen) atoms. The Morgan fingerprint density at radius 2 is 2.04 bits per heavy atom. The van der Waals surface area contributed by atoms with E-state index in [4.69, 9.17) is 0 Å². The van der Waals surface area contributed by atoms with Crippen LogP contribution in [0.4, 0.5) is 0 Å². The predicted octanol–water partition coefficient (Wildman–Crippen LogP) is 1.25. The van der Waals surface area contributed by atoms with Crippen LogP contribution in [0.15, 0.2) is 47.4 Å². The van der Waals surface area contributed by atoms with Crippen molar-refractivity contribution in [1.29, 1.82) is 0 Å². The van der Waals surface area contributed by atoms with E-state index >= 15 is 0 Å². The topological polar surface area (TPSA) is 85.1 Å². The molecular weight excluding hydrogens is 330 g/mol. The van der Waals surface area contributed by atoms with Crippen LogP contribution < -0.4 is 5.69 Å². The first kappa shape index (κ1) is 16.5. The van der Waals surface area contributed by atoms with Gasteiger partial charge in [-0.15, -0.1) is 0 Å². The van der Waals surface area contributed by atoms with Gasteiger partial charge in [0.15, 0.2) is 5.65 Å². The average molecular weight is 351 g/mol. The lowest BCUT2D eigenvalue weighted by Crippen LogP contribution is -2.54. The van der Waals surface area contributed by atoms with Gasteiger partial charge in [0.25, 0.3) is 5.91 Å². The molecule has 2 N–H and O–H groups in total. The van der Waals surface area contributed by atoms with Gasteiger partial charge in [0.2, 0.25) is 0 Å². The maximum Gasteiger partial charge on any atom is 0.325 e. The number of nitrogens with one attached hydrogen (secondary N) is 2. The molecule has 0 bridgehead atoms. The lowest BCUT2D eigenvalue weighted by molar-refractivity contribution is 0.0547. The molecule has 3 heterocycles. The minimum absolute atomic E-state index is 0.0485. The van der Waals surface area contributed by atoms with Crippen molar-refractivity contribution in [3.63, 3.8) is 0 Å². The number of hydrogen-bond acceptors (Lipinski definition) is 4. The molecular formula is C19H21N5O2. The number of piperazine rings is 1. The number of pyridine rings is 1. The van der Waals surface area contributed by atoms with Crippen molar-refractivity contribution >= 4 is 17.1 Å². The largest absolute Gasteiger partial charge is 0.336 e. The predicted molar refractivity (Wildman–Crippen MR) is 99.2 cm³/mol. The zero-order valence-corrected chi connectivity index (χ0v) is 14.6. The van der Waals surface area contributed by atoms with Crippen molar-refractivity contribution < 1.29 is 4.79 Å². The van der Waals surface area contributed by atoms with Crippen molar-refractivity contribution in [1.82, 2.24) is 24.8 Å². The minimum Gasteiger partial charge on any atom is -0.336 e. The summed E-state index contributed by atoms with van der Waals surface area (Å²) in [6, 6.07) is 12.3. The summed E-state index contributed by atoms with van der Waals surface area (Å²) in [5.74, 6) is -0.0485. The van der Waals surface area contributed by atoms with E-state index in [1.54, 1.807) is 6.07 Å². The Balaban J connectivity index is 1.52. The van der Waals surface area contributed by atoms with Gasteiger partial charge in [0.05, 0.1) is 11.1 Å². The first-order chi connectivity index (χ1) is 12.6. The number of nitrogens with zero attached hydrogens (tertiary/aromatic N) is 3. The number of aromatic amines is 2. The smallest absolute Gasteiger partial charge is 0.325 e. The van der Waals surface area contributed by atoms with Crippen molar-refractivity contribution in [2.24, 2.45) is 0 Å². The monoisotopic (exact) mass is 351 g/mol. The van der Waals surface area contributed by atoms with Crippen LogP contribution in [0.5, 0.6) is 0 Å². The van der Waals surface area contributed by atoms with Crippen LogP contribution in [-0.2, 0) is 6.42 Å². The van der Waals surface area contributed by atoms with Crippen LogP contribution in [0.25, 0.3) is 11.2 Å². The molecule has 0 spiro atoms. The summed E-state index contributed by atoms with van der Waals surface area (Å²) in [4.78, 5) is 37.9. The van der Waals surface area contributed by atoms with Gasteiger partial charge in [-0.05, 0) is 25.1 Å². The summed E-state index contributed by atoms with van der Waals surface area (Å²) in [5.41, 5.74) is 2.46. The highest BCUT2D eigenvalue weighted by Crippen LogP contribution is 2.17. The van der Waals surface area contributed by atoms with Crippen LogP contribution in [0.3, 0.4) is 0 Å². The Hall–Kier alpha value is -2.93. The Kier molecular flexibility index (Phi) is 4.30. The highest BCUT2D eigenvalue weighted by atomic mass is 16.2. The van der Waals surface area contributed by atoms with Gasteiger partial charge in [-0.2, -0.15) is 0 Å². The van der Waals surface area contributed by atoms with Crippen molar-refractivity contribution in [2.75, 3.05) is 26.7 Å². The van der Waals surface area contributed by atoms with Gasteiger partial charge in [-0.3, -0.25) is 14.7 Å². The van der Waals surface area contributed by atoms with E-state index in [2.05, 4.69) is 39.0 Å². The standard InChI is InChI=1S/C19H21N5O2/c1-23-7-8-24(12-15(23)9-13-5-3-2-4-6-13)18(25)14-10-16-17(20-11-14)22-19(26)21-16/h2-6,10-11,15H,7-9,12H2,1H3,(H2,20,21,22,26)/t15-/m0/s1. The normalized spacial score (nSPS) is 18.3. The number of rotatable bonds is 3. The Labute approximate surface area is 150 Å². The number of H-pyrrole nitrogens is 2. The molecule has 3 aromatic rings. The first-order valence-electron chi connectivity index (χ1n) is 8.71. The highest BCUT2D eigenvalue weighted by Gasteiger charge is 2.28. The van der Waals surface area contributed by atoms with E-state index in [1.165, 1.54) is 11.8 Å². The summed E-state index contributed by atoms with van der Waals surface area (Å²) in [6.07, 6.45) is 2.43. The van der Waals surface area contributed by atoms with Crippen LogP contribution >= 0.6 is 0 Å². The van der Waals surface area contributed by atoms with Crippen LogP contribution in [0.2, 0.25) is 0 Å². The van der Waals surface area contributed by atoms with E-state index in [-0.39, 0.29) is 17.6 Å². The van der Waals surface area contributed by atoms with Crippen molar-refractivity contribution in [2.45, 2.75) is 12.5 Å². The third-order valence-corrected chi connectivity index (χ3v) is 4.99. The molecule has 1 saturated heterocycles. The van der Waals surface area contributed by atoms with E-state index < -0.39 is 0 Å². The quantitative estimate of drug-likeness (QED) is 0.744. The molecule has 134 valence electrons. The number of amides is 1. The maximum atomic E-state index is 12.9. The van der Waals surface area contributed by atoms with Crippen molar-refractivity contribution in [3.05, 3.63) is 64.2 Å². The Morgan fingerprint density at radius 3 is 2.85 bits per heavy atom. The second-order valence-corrected chi connectivity index (χ2v) is 6.77. The second kappa shape index (κ2) is 6.76. The SMILES string of the molecule is CN1CCN(C(=O)c2cnc3[nH]c(=O)[nH]c3c2)C[C@@H]1Cc1ccccc1. The number of aromatic nitrogens is 3. The third kappa shape index (κ3) is 3.25. The molecule has 1 aliphatic heterocycles. The number of fused-ring (bicyclic) bond motifs is 1. The van der Waals surface area contributed by atoms with Crippen LogP contribution in [0, 0.1) is 0 Å². The summed E-state index contributed by atoms with van der Waals surface area (Å²) < 4.78 is 0. The molecule has 1 aromatic carbocycles. The first-order valence-corrected chi connectivity index (χ1v) is 8.71. The lowest BCUT2D eigenvalue weighted by Gasteiger charge is -2.39. The average Bonchev–Trinajstić information content (AvgIpc) is 3.03. The molecule has 0 unspecified atom stereocenters. The summed E-state index contributed by atoms with van der Waals surface area (Å²) in [7, 11) is 2.10. The Morgan fingerprint density at radius 1 is 1.23 bits per heavy atom. The summed E-state index contributed by atoms with van der Waals surface area (Å²) in [6.45, 7) is 2.19. The zero-order chi connectivity index (χ0) is 18.1. The van der Waals surface area contributed by atoms with E-state index in [9.17, 15) is 9.59 Å². The molecule has 1 aliphatic rings. The van der Waals surface area contributed by atoms with Gasteiger partial charge < -0.3 is 9.88 Å². The molecule has 7 heteroatoms. The fourth-order valence-corrected chi connectivity index (χ4v) is 3.46. The van der Waals surface area contributed by atoms with Crippen LogP contribution in [0.1, 0.15) is 15.9 Å². The van der Waals surface area contributed by atoms with Crippen LogP contribution in [-0.4, -0.2) is 63.4 Å². The lowest BCUT2D eigenvalue weighted by atomic mass is 10.0. The third-order valence-electron chi connectivity index (χ3n) is 4.99. The molecule has 0 saturated carbocycles. The summed E-state index contributed by atoms with van der Waals surface area (Å²) >= 11 is 0. The maximum absolute atomic E-state index is 12.9. The molecule has 1 amide bonds. The number of imidazole rings is 1. The highest BCUT2D eigenvalue weighted by molar-refractivity contribution is 5.96. The van der Waals surface area contributed by atoms with Gasteiger partial charge in [-0.1, -0.05) is 30.3 Å². The second-order valence-electron chi connectivity index (χ2n) is 6.77. The van der Waals surface area contributed by atoms with E-state index in [0.29, 0.717) is 29.8 Å². The van der Waals surface area contributed by atoms with Gasteiger partial charge in [-0.25, -0.2) is 9.78 Å². The number of benzene rings is 1. The molecule has 1 fully saturated rings.